The van der Waals surface area contributed by atoms with E-state index in [1.807, 2.05) is 12.1 Å². The zero-order valence-electron chi connectivity index (χ0n) is 13.1. The molecule has 0 spiro atoms. The number of amides is 1. The number of benzene rings is 1. The second kappa shape index (κ2) is 7.37. The Bertz CT molecular complexity index is 675. The molecule has 0 radical (unpaired) electrons. The summed E-state index contributed by atoms with van der Waals surface area (Å²) in [5, 5.41) is 14.0. The molecular weight excluding hydrogens is 312 g/mol. The van der Waals surface area contributed by atoms with Crippen molar-refractivity contribution in [2.45, 2.75) is 44.6 Å². The lowest BCUT2D eigenvalue weighted by Gasteiger charge is -2.25. The fourth-order valence-corrected chi connectivity index (χ4v) is 3.86. The molecule has 0 aliphatic heterocycles. The van der Waals surface area contributed by atoms with Crippen LogP contribution in [0.5, 0.6) is 0 Å². The summed E-state index contributed by atoms with van der Waals surface area (Å²) in [5.74, 6) is 0.141. The van der Waals surface area contributed by atoms with Gasteiger partial charge in [0.25, 0.3) is 5.91 Å². The van der Waals surface area contributed by atoms with Gasteiger partial charge < -0.3 is 15.4 Å². The van der Waals surface area contributed by atoms with Gasteiger partial charge in [0.2, 0.25) is 0 Å². The molecule has 1 heterocycles. The standard InChI is InChI=1S/C18H23ClN2O2/c19-17-13-9-10-20-15(13)8-7-14(17)18(23)21-16(11-22)12-5-3-1-2-4-6-12/h7-10,12,16,20,22H,1-6,11H2,(H,21,23)/t16-/m1/s1. The Morgan fingerprint density at radius 2 is 2.00 bits per heavy atom. The Morgan fingerprint density at radius 1 is 1.26 bits per heavy atom. The summed E-state index contributed by atoms with van der Waals surface area (Å²) in [4.78, 5) is 15.7. The predicted molar refractivity (Wildman–Crippen MR) is 92.8 cm³/mol. The van der Waals surface area contributed by atoms with Crippen LogP contribution in [0.15, 0.2) is 24.4 Å². The van der Waals surface area contributed by atoms with Crippen LogP contribution >= 0.6 is 11.6 Å². The third-order valence-electron chi connectivity index (χ3n) is 4.90. The van der Waals surface area contributed by atoms with Gasteiger partial charge in [0, 0.05) is 17.1 Å². The number of aromatic amines is 1. The summed E-state index contributed by atoms with van der Waals surface area (Å²) in [6.45, 7) is -0.0274. The van der Waals surface area contributed by atoms with Crippen LogP contribution < -0.4 is 5.32 Å². The SMILES string of the molecule is O=C(N[C@H](CO)C1CCCCCC1)c1ccc2[nH]ccc2c1Cl. The molecule has 1 amide bonds. The first kappa shape index (κ1) is 16.3. The number of halogens is 1. The van der Waals surface area contributed by atoms with E-state index < -0.39 is 0 Å². The third-order valence-corrected chi connectivity index (χ3v) is 5.30. The van der Waals surface area contributed by atoms with Crippen LogP contribution in [0, 0.1) is 5.92 Å². The largest absolute Gasteiger partial charge is 0.394 e. The first-order valence-corrected chi connectivity index (χ1v) is 8.76. The normalized spacial score (nSPS) is 17.8. The maximum Gasteiger partial charge on any atom is 0.253 e. The summed E-state index contributed by atoms with van der Waals surface area (Å²) < 4.78 is 0. The molecule has 1 aromatic heterocycles. The Morgan fingerprint density at radius 3 is 2.70 bits per heavy atom. The van der Waals surface area contributed by atoms with Crippen molar-refractivity contribution in [3.63, 3.8) is 0 Å². The molecule has 0 unspecified atom stereocenters. The summed E-state index contributed by atoms with van der Waals surface area (Å²) >= 11 is 6.37. The maximum atomic E-state index is 12.6. The molecule has 2 aromatic rings. The number of hydrogen-bond donors (Lipinski definition) is 3. The van der Waals surface area contributed by atoms with Crippen LogP contribution in [-0.4, -0.2) is 28.6 Å². The highest BCUT2D eigenvalue weighted by Crippen LogP contribution is 2.28. The highest BCUT2D eigenvalue weighted by Gasteiger charge is 2.25. The number of hydrogen-bond acceptors (Lipinski definition) is 2. The fourth-order valence-electron chi connectivity index (χ4n) is 3.54. The molecule has 124 valence electrons. The second-order valence-electron chi connectivity index (χ2n) is 6.38. The molecule has 1 aromatic carbocycles. The molecule has 23 heavy (non-hydrogen) atoms. The monoisotopic (exact) mass is 334 g/mol. The molecule has 1 saturated carbocycles. The van der Waals surface area contributed by atoms with Crippen molar-refractivity contribution in [3.05, 3.63) is 35.0 Å². The van der Waals surface area contributed by atoms with Crippen LogP contribution in [0.2, 0.25) is 5.02 Å². The van der Waals surface area contributed by atoms with E-state index in [1.54, 1.807) is 12.3 Å². The zero-order chi connectivity index (χ0) is 16.2. The number of aromatic nitrogens is 1. The van der Waals surface area contributed by atoms with Crippen molar-refractivity contribution in [1.82, 2.24) is 10.3 Å². The molecule has 1 atom stereocenters. The Labute approximate surface area is 141 Å². The number of fused-ring (bicyclic) bond motifs is 1. The van der Waals surface area contributed by atoms with Gasteiger partial charge in [-0.2, -0.15) is 0 Å². The van der Waals surface area contributed by atoms with Crippen molar-refractivity contribution >= 4 is 28.4 Å². The average molecular weight is 335 g/mol. The Hall–Kier alpha value is -1.52. The maximum absolute atomic E-state index is 12.6. The quantitative estimate of drug-likeness (QED) is 0.743. The van der Waals surface area contributed by atoms with Gasteiger partial charge in [-0.3, -0.25) is 4.79 Å². The van der Waals surface area contributed by atoms with E-state index in [0.29, 0.717) is 16.5 Å². The van der Waals surface area contributed by atoms with E-state index in [4.69, 9.17) is 11.6 Å². The van der Waals surface area contributed by atoms with E-state index >= 15 is 0 Å². The lowest BCUT2D eigenvalue weighted by atomic mass is 9.92. The smallest absolute Gasteiger partial charge is 0.253 e. The number of nitrogens with one attached hydrogen (secondary N) is 2. The van der Waals surface area contributed by atoms with E-state index in [-0.39, 0.29) is 18.6 Å². The van der Waals surface area contributed by atoms with Gasteiger partial charge in [-0.25, -0.2) is 0 Å². The van der Waals surface area contributed by atoms with Crippen molar-refractivity contribution in [2.75, 3.05) is 6.61 Å². The minimum atomic E-state index is -0.207. The molecule has 1 fully saturated rings. The van der Waals surface area contributed by atoms with E-state index in [0.717, 1.165) is 23.7 Å². The minimum Gasteiger partial charge on any atom is -0.394 e. The van der Waals surface area contributed by atoms with E-state index in [9.17, 15) is 9.90 Å². The number of aliphatic hydroxyl groups is 1. The second-order valence-corrected chi connectivity index (χ2v) is 6.76. The predicted octanol–water partition coefficient (Wildman–Crippen LogP) is 3.88. The Kier molecular flexibility index (Phi) is 5.23. The number of carbonyl (C=O) groups is 1. The van der Waals surface area contributed by atoms with Gasteiger partial charge in [0.1, 0.15) is 0 Å². The van der Waals surface area contributed by atoms with E-state index in [1.165, 1.54) is 25.7 Å². The molecule has 1 aliphatic carbocycles. The molecule has 3 rings (SSSR count). The van der Waals surface area contributed by atoms with Gasteiger partial charge in [-0.15, -0.1) is 0 Å². The van der Waals surface area contributed by atoms with Crippen molar-refractivity contribution in [3.8, 4) is 0 Å². The van der Waals surface area contributed by atoms with Crippen molar-refractivity contribution in [2.24, 2.45) is 5.92 Å². The van der Waals surface area contributed by atoms with Crippen molar-refractivity contribution in [1.29, 1.82) is 0 Å². The molecular formula is C18H23ClN2O2. The minimum absolute atomic E-state index is 0.0274. The molecule has 3 N–H and O–H groups in total. The summed E-state index contributed by atoms with van der Waals surface area (Å²) in [6.07, 6.45) is 8.78. The highest BCUT2D eigenvalue weighted by molar-refractivity contribution is 6.38. The Balaban J connectivity index is 1.76. The first-order chi connectivity index (χ1) is 11.2. The van der Waals surface area contributed by atoms with Gasteiger partial charge in [0.15, 0.2) is 0 Å². The lowest BCUT2D eigenvalue weighted by molar-refractivity contribution is 0.0882. The van der Waals surface area contributed by atoms with Gasteiger partial charge >= 0.3 is 0 Å². The van der Waals surface area contributed by atoms with Gasteiger partial charge in [-0.1, -0.05) is 37.3 Å². The van der Waals surface area contributed by atoms with E-state index in [2.05, 4.69) is 10.3 Å². The van der Waals surface area contributed by atoms with Crippen LogP contribution in [0.3, 0.4) is 0 Å². The van der Waals surface area contributed by atoms with Crippen LogP contribution in [0.25, 0.3) is 10.9 Å². The third kappa shape index (κ3) is 3.54. The fraction of sp³-hybridized carbons (Fsp3) is 0.500. The number of carbonyl (C=O) groups excluding carboxylic acids is 1. The zero-order valence-corrected chi connectivity index (χ0v) is 13.9. The highest BCUT2D eigenvalue weighted by atomic mass is 35.5. The number of rotatable bonds is 4. The first-order valence-electron chi connectivity index (χ1n) is 8.38. The van der Waals surface area contributed by atoms with Crippen LogP contribution in [-0.2, 0) is 0 Å². The molecule has 0 saturated heterocycles. The lowest BCUT2D eigenvalue weighted by Crippen LogP contribution is -2.43. The summed E-state index contributed by atoms with van der Waals surface area (Å²) in [5.41, 5.74) is 1.37. The van der Waals surface area contributed by atoms with Crippen LogP contribution in [0.1, 0.15) is 48.9 Å². The molecule has 5 heteroatoms. The number of H-pyrrole nitrogens is 1. The average Bonchev–Trinajstić information content (AvgIpc) is 2.88. The van der Waals surface area contributed by atoms with Crippen LogP contribution in [0.4, 0.5) is 0 Å². The molecule has 0 bridgehead atoms. The summed E-state index contributed by atoms with van der Waals surface area (Å²) in [7, 11) is 0. The topological polar surface area (TPSA) is 65.1 Å². The van der Waals surface area contributed by atoms with Gasteiger partial charge in [0.05, 0.1) is 23.2 Å². The van der Waals surface area contributed by atoms with Crippen molar-refractivity contribution < 1.29 is 9.90 Å². The molecule has 1 aliphatic rings. The summed E-state index contributed by atoms with van der Waals surface area (Å²) in [6, 6.07) is 5.26. The number of aliphatic hydroxyl groups excluding tert-OH is 1. The van der Waals surface area contributed by atoms with Gasteiger partial charge in [-0.05, 0) is 37.0 Å². The molecule has 4 nitrogen and oxygen atoms in total.